The molecule has 0 unspecified atom stereocenters. The molecule has 3 rings (SSSR count). The maximum absolute atomic E-state index is 13.2. The van der Waals surface area contributed by atoms with Crippen molar-refractivity contribution in [3.8, 4) is 0 Å². The Morgan fingerprint density at radius 2 is 1.90 bits per heavy atom. The number of aryl methyl sites for hydroxylation is 2. The average Bonchev–Trinajstić information content (AvgIpc) is 2.64. The highest BCUT2D eigenvalue weighted by Gasteiger charge is 2.39. The Morgan fingerprint density at radius 1 is 1.17 bits per heavy atom. The number of hydrogen-bond donors (Lipinski definition) is 0. The molecular formula is C19H16F6N2OS. The largest absolute Gasteiger partial charge is 0.419 e. The van der Waals surface area contributed by atoms with Gasteiger partial charge in [-0.15, -0.1) is 0 Å². The number of carbonyl (C=O) groups excluding carboxylic acids is 1. The number of rotatable bonds is 3. The Bertz CT molecular complexity index is 926. The summed E-state index contributed by atoms with van der Waals surface area (Å²) in [6.07, 6.45) is -8.09. The van der Waals surface area contributed by atoms with E-state index in [0.717, 1.165) is 29.7 Å². The molecule has 1 aromatic carbocycles. The lowest BCUT2D eigenvalue weighted by atomic mass is 9.98. The fraction of sp³-hybridized carbons (Fsp3) is 0.368. The van der Waals surface area contributed by atoms with Crippen LogP contribution >= 0.6 is 11.8 Å². The second-order valence-electron chi connectivity index (χ2n) is 6.59. The van der Waals surface area contributed by atoms with E-state index in [1.165, 1.54) is 4.90 Å². The number of thioether (sulfide) groups is 1. The van der Waals surface area contributed by atoms with Gasteiger partial charge in [-0.25, -0.2) is 4.98 Å². The quantitative estimate of drug-likeness (QED) is 0.473. The third kappa shape index (κ3) is 4.68. The molecule has 0 bridgehead atoms. The smallest absolute Gasteiger partial charge is 0.311 e. The summed E-state index contributed by atoms with van der Waals surface area (Å²) in [6, 6.07) is 5.64. The minimum atomic E-state index is -5.02. The van der Waals surface area contributed by atoms with Crippen LogP contribution in [-0.4, -0.2) is 23.2 Å². The number of anilines is 1. The number of hydrogen-bond acceptors (Lipinski definition) is 3. The number of amides is 1. The zero-order chi connectivity index (χ0) is 21.4. The second kappa shape index (κ2) is 7.89. The number of alkyl halides is 6. The molecule has 1 aromatic heterocycles. The Labute approximate surface area is 167 Å². The highest BCUT2D eigenvalue weighted by Crippen LogP contribution is 2.39. The predicted molar refractivity (Wildman–Crippen MR) is 96.8 cm³/mol. The van der Waals surface area contributed by atoms with Crippen LogP contribution in [0.25, 0.3) is 0 Å². The van der Waals surface area contributed by atoms with E-state index in [-0.39, 0.29) is 11.8 Å². The molecule has 0 N–H and O–H groups in total. The van der Waals surface area contributed by atoms with Crippen molar-refractivity contribution in [3.05, 3.63) is 52.7 Å². The van der Waals surface area contributed by atoms with Crippen molar-refractivity contribution in [2.45, 2.75) is 37.1 Å². The molecule has 0 saturated carbocycles. The molecular weight excluding hydrogens is 418 g/mol. The van der Waals surface area contributed by atoms with Crippen molar-refractivity contribution in [2.24, 2.45) is 0 Å². The Hall–Kier alpha value is -2.23. The normalized spacial score (nSPS) is 14.7. The van der Waals surface area contributed by atoms with Gasteiger partial charge in [-0.1, -0.05) is 30.0 Å². The van der Waals surface area contributed by atoms with Crippen molar-refractivity contribution in [2.75, 3.05) is 17.2 Å². The number of nitrogens with zero attached hydrogens (tertiary/aromatic N) is 2. The van der Waals surface area contributed by atoms with Crippen LogP contribution in [0.4, 0.5) is 32.0 Å². The number of carbonyl (C=O) groups is 1. The van der Waals surface area contributed by atoms with E-state index < -0.39 is 34.4 Å². The van der Waals surface area contributed by atoms with Crippen LogP contribution in [0.2, 0.25) is 0 Å². The summed E-state index contributed by atoms with van der Waals surface area (Å²) in [5, 5.41) is -0.652. The molecule has 0 fully saturated rings. The topological polar surface area (TPSA) is 33.2 Å². The lowest BCUT2D eigenvalue weighted by Gasteiger charge is -2.31. The van der Waals surface area contributed by atoms with Gasteiger partial charge in [0, 0.05) is 18.4 Å². The summed E-state index contributed by atoms with van der Waals surface area (Å²) < 4.78 is 77.9. The molecule has 10 heteroatoms. The van der Waals surface area contributed by atoms with Crippen LogP contribution in [0, 0.1) is 6.92 Å². The van der Waals surface area contributed by atoms with E-state index >= 15 is 0 Å². The van der Waals surface area contributed by atoms with Gasteiger partial charge in [0.1, 0.15) is 5.03 Å². The molecule has 0 radical (unpaired) electrons. The molecule has 0 spiro atoms. The first-order chi connectivity index (χ1) is 13.5. The maximum atomic E-state index is 13.2. The van der Waals surface area contributed by atoms with Crippen LogP contribution in [0.5, 0.6) is 0 Å². The molecule has 0 aliphatic carbocycles. The van der Waals surface area contributed by atoms with Crippen molar-refractivity contribution in [1.29, 1.82) is 0 Å². The third-order valence-corrected chi connectivity index (χ3v) is 5.53. The number of para-hydroxylation sites is 1. The minimum Gasteiger partial charge on any atom is -0.311 e. The van der Waals surface area contributed by atoms with Gasteiger partial charge in [0.15, 0.2) is 0 Å². The van der Waals surface area contributed by atoms with E-state index in [4.69, 9.17) is 0 Å². The summed E-state index contributed by atoms with van der Waals surface area (Å²) in [6.45, 7) is 2.28. The van der Waals surface area contributed by atoms with Gasteiger partial charge in [0.05, 0.1) is 16.9 Å². The number of halogens is 6. The van der Waals surface area contributed by atoms with Crippen LogP contribution in [-0.2, 0) is 23.6 Å². The van der Waals surface area contributed by atoms with Crippen molar-refractivity contribution in [1.82, 2.24) is 4.98 Å². The summed E-state index contributed by atoms with van der Waals surface area (Å²) in [5.41, 5.74) is -0.371. The van der Waals surface area contributed by atoms with Crippen molar-refractivity contribution >= 4 is 23.4 Å². The zero-order valence-electron chi connectivity index (χ0n) is 15.2. The Balaban J connectivity index is 1.83. The van der Waals surface area contributed by atoms with Gasteiger partial charge < -0.3 is 4.90 Å². The van der Waals surface area contributed by atoms with Crippen LogP contribution in [0.3, 0.4) is 0 Å². The van der Waals surface area contributed by atoms with Crippen molar-refractivity contribution < 1.29 is 31.1 Å². The molecule has 1 amide bonds. The Morgan fingerprint density at radius 3 is 2.55 bits per heavy atom. The second-order valence-corrected chi connectivity index (χ2v) is 7.56. The molecule has 3 nitrogen and oxygen atoms in total. The molecule has 156 valence electrons. The molecule has 2 aromatic rings. The molecule has 2 heterocycles. The molecule has 1 aliphatic heterocycles. The van der Waals surface area contributed by atoms with E-state index in [1.54, 1.807) is 0 Å². The molecule has 29 heavy (non-hydrogen) atoms. The monoisotopic (exact) mass is 434 g/mol. The summed E-state index contributed by atoms with van der Waals surface area (Å²) >= 11 is 0.486. The lowest BCUT2D eigenvalue weighted by molar-refractivity contribution is -0.145. The first-order valence-electron chi connectivity index (χ1n) is 8.64. The lowest BCUT2D eigenvalue weighted by Crippen LogP contribution is -2.37. The zero-order valence-corrected chi connectivity index (χ0v) is 16.0. The van der Waals surface area contributed by atoms with Crippen LogP contribution in [0.1, 0.15) is 28.7 Å². The average molecular weight is 434 g/mol. The maximum Gasteiger partial charge on any atom is 0.419 e. The fourth-order valence-corrected chi connectivity index (χ4v) is 4.10. The number of fused-ring (bicyclic) bond motifs is 1. The minimum absolute atomic E-state index is 0.0279. The van der Waals surface area contributed by atoms with Gasteiger partial charge in [-0.3, -0.25) is 4.79 Å². The standard InChI is InChI=1S/C19H16F6N2OS/c1-11-4-2-5-12-6-3-7-27(16(11)12)15(28)10-29-17-14(19(23,24)25)8-13(9-26-17)18(20,21)22/h2,4-5,8-9H,3,6-7,10H2,1H3. The highest BCUT2D eigenvalue weighted by molar-refractivity contribution is 8.00. The number of benzene rings is 1. The third-order valence-electron chi connectivity index (χ3n) is 4.54. The molecule has 0 atom stereocenters. The first-order valence-corrected chi connectivity index (χ1v) is 9.63. The number of pyridine rings is 1. The summed E-state index contributed by atoms with van der Waals surface area (Å²) in [4.78, 5) is 17.6. The predicted octanol–water partition coefficient (Wildman–Crippen LogP) is 5.50. The van der Waals surface area contributed by atoms with E-state index in [9.17, 15) is 31.1 Å². The van der Waals surface area contributed by atoms with Gasteiger partial charge in [0.25, 0.3) is 0 Å². The first kappa shape index (κ1) is 21.5. The van der Waals surface area contributed by atoms with Gasteiger partial charge in [-0.2, -0.15) is 26.3 Å². The van der Waals surface area contributed by atoms with Crippen molar-refractivity contribution in [3.63, 3.8) is 0 Å². The summed E-state index contributed by atoms with van der Waals surface area (Å²) in [5.74, 6) is -0.782. The van der Waals surface area contributed by atoms with E-state index in [0.29, 0.717) is 24.5 Å². The number of aromatic nitrogens is 1. The van der Waals surface area contributed by atoms with Gasteiger partial charge in [-0.05, 0) is 37.0 Å². The van der Waals surface area contributed by atoms with Crippen LogP contribution in [0.15, 0.2) is 35.5 Å². The van der Waals surface area contributed by atoms with Gasteiger partial charge in [0.2, 0.25) is 5.91 Å². The molecule has 1 aliphatic rings. The fourth-order valence-electron chi connectivity index (χ4n) is 3.23. The SMILES string of the molecule is Cc1cccc2c1N(C(=O)CSc1ncc(C(F)(F)F)cc1C(F)(F)F)CCC2. The molecule has 0 saturated heterocycles. The van der Waals surface area contributed by atoms with Crippen LogP contribution < -0.4 is 4.90 Å². The summed E-state index contributed by atoms with van der Waals surface area (Å²) in [7, 11) is 0. The van der Waals surface area contributed by atoms with E-state index in [1.807, 2.05) is 25.1 Å². The highest BCUT2D eigenvalue weighted by atomic mass is 32.2. The van der Waals surface area contributed by atoms with E-state index in [2.05, 4.69) is 4.98 Å². The van der Waals surface area contributed by atoms with Gasteiger partial charge >= 0.3 is 12.4 Å². The Kier molecular flexibility index (Phi) is 5.84.